The summed E-state index contributed by atoms with van der Waals surface area (Å²) >= 11 is 2.07. The van der Waals surface area contributed by atoms with Crippen molar-refractivity contribution in [2.75, 3.05) is 27.4 Å². The predicted molar refractivity (Wildman–Crippen MR) is 145 cm³/mol. The Morgan fingerprint density at radius 2 is 1.89 bits per heavy atom. The summed E-state index contributed by atoms with van der Waals surface area (Å²) < 4.78 is 22.1. The summed E-state index contributed by atoms with van der Waals surface area (Å²) in [5, 5.41) is 19.3. The molecule has 2 aromatic rings. The summed E-state index contributed by atoms with van der Waals surface area (Å²) in [6, 6.07) is 6.89. The van der Waals surface area contributed by atoms with E-state index in [-0.39, 0.29) is 41.8 Å². The molecule has 3 rings (SSSR count). The van der Waals surface area contributed by atoms with Crippen LogP contribution in [0.3, 0.4) is 0 Å². The number of hydrazone groups is 1. The number of phenolic OH excluding ortho intramolecular Hbond substituents is 1. The monoisotopic (exact) mass is 638 g/mol. The first-order valence-electron chi connectivity index (χ1n) is 11.3. The molecule has 0 unspecified atom stereocenters. The van der Waals surface area contributed by atoms with Crippen molar-refractivity contribution in [3.05, 3.63) is 56.3 Å². The van der Waals surface area contributed by atoms with Crippen molar-refractivity contribution < 1.29 is 38.4 Å². The Bertz CT molecular complexity index is 1290. The number of halogens is 1. The number of hydrogen-bond donors (Lipinski definition) is 4. The minimum atomic E-state index is -0.778. The fourth-order valence-electron chi connectivity index (χ4n) is 3.60. The molecule has 0 fully saturated rings. The lowest BCUT2D eigenvalue weighted by molar-refractivity contribution is -0.139. The van der Waals surface area contributed by atoms with E-state index in [9.17, 15) is 19.5 Å². The number of urea groups is 1. The molecule has 0 bridgehead atoms. The Labute approximate surface area is 232 Å². The summed E-state index contributed by atoms with van der Waals surface area (Å²) in [6.45, 7) is 3.10. The maximum Gasteiger partial charge on any atom is 0.338 e. The van der Waals surface area contributed by atoms with Gasteiger partial charge in [0.25, 0.3) is 5.91 Å². The fraction of sp³-hybridized carbons (Fsp3) is 0.280. The van der Waals surface area contributed by atoms with Gasteiger partial charge in [-0.15, -0.1) is 0 Å². The van der Waals surface area contributed by atoms with Crippen LogP contribution in [0.25, 0.3) is 0 Å². The molecule has 12 nitrogen and oxygen atoms in total. The molecule has 0 aromatic heterocycles. The zero-order valence-corrected chi connectivity index (χ0v) is 23.2. The van der Waals surface area contributed by atoms with Gasteiger partial charge in [-0.3, -0.25) is 4.79 Å². The first-order valence-corrected chi connectivity index (χ1v) is 12.4. The van der Waals surface area contributed by atoms with Gasteiger partial charge in [0.15, 0.2) is 29.6 Å². The molecule has 3 amide bonds. The lowest BCUT2D eigenvalue weighted by Gasteiger charge is -2.28. The van der Waals surface area contributed by atoms with E-state index in [1.165, 1.54) is 20.4 Å². The smallest absolute Gasteiger partial charge is 0.338 e. The molecule has 0 spiro atoms. The lowest BCUT2D eigenvalue weighted by atomic mass is 9.95. The van der Waals surface area contributed by atoms with Crippen LogP contribution in [0.5, 0.6) is 23.0 Å². The van der Waals surface area contributed by atoms with Crippen LogP contribution in [0.1, 0.15) is 31.0 Å². The van der Waals surface area contributed by atoms with E-state index in [1.807, 2.05) is 0 Å². The van der Waals surface area contributed by atoms with E-state index in [2.05, 4.69) is 43.8 Å². The number of esters is 1. The third-order valence-electron chi connectivity index (χ3n) is 5.33. The number of nitrogens with zero attached hydrogens (tertiary/aromatic N) is 1. The maximum absolute atomic E-state index is 12.5. The number of benzene rings is 2. The van der Waals surface area contributed by atoms with Gasteiger partial charge in [-0.1, -0.05) is 6.07 Å². The molecule has 1 aliphatic rings. The number of ether oxygens (including phenoxy) is 4. The number of methoxy groups -OCH3 is 2. The topological polar surface area (TPSA) is 157 Å². The van der Waals surface area contributed by atoms with E-state index >= 15 is 0 Å². The highest BCUT2D eigenvalue weighted by molar-refractivity contribution is 14.1. The largest absolute Gasteiger partial charge is 0.504 e. The number of phenols is 1. The van der Waals surface area contributed by atoms with Crippen molar-refractivity contribution >= 4 is 46.7 Å². The van der Waals surface area contributed by atoms with Gasteiger partial charge >= 0.3 is 12.0 Å². The molecule has 1 heterocycles. The minimum absolute atomic E-state index is 0.104. The molecule has 1 atom stereocenters. The van der Waals surface area contributed by atoms with Crippen LogP contribution in [-0.4, -0.2) is 56.7 Å². The number of carbonyl (C=O) groups excluding carboxylic acids is 3. The predicted octanol–water partition coefficient (Wildman–Crippen LogP) is 2.73. The molecule has 4 N–H and O–H groups in total. The second-order valence-corrected chi connectivity index (χ2v) is 9.07. The van der Waals surface area contributed by atoms with Crippen LogP contribution in [0.15, 0.2) is 46.7 Å². The second-order valence-electron chi connectivity index (χ2n) is 7.83. The SMILES string of the molecule is CCOC(=O)C1=C(C)NC(=O)N[C@@H]1c1ccc(OCC(=O)N/N=C/c2cc(I)cc(OC)c2O)c(OC)c1. The van der Waals surface area contributed by atoms with Crippen LogP contribution in [-0.2, 0) is 14.3 Å². The van der Waals surface area contributed by atoms with Gasteiger partial charge in [0.2, 0.25) is 0 Å². The van der Waals surface area contributed by atoms with Gasteiger partial charge in [0.1, 0.15) is 0 Å². The zero-order valence-electron chi connectivity index (χ0n) is 21.1. The van der Waals surface area contributed by atoms with Crippen LogP contribution in [0.4, 0.5) is 4.79 Å². The number of hydrogen-bond acceptors (Lipinski definition) is 9. The Kier molecular flexibility index (Phi) is 9.76. The molecule has 202 valence electrons. The van der Waals surface area contributed by atoms with Crippen LogP contribution in [0, 0.1) is 3.57 Å². The number of allylic oxidation sites excluding steroid dienone is 1. The molecule has 1 aliphatic heterocycles. The van der Waals surface area contributed by atoms with Crippen molar-refractivity contribution in [3.63, 3.8) is 0 Å². The summed E-state index contributed by atoms with van der Waals surface area (Å²) in [5.74, 6) is -0.396. The lowest BCUT2D eigenvalue weighted by Crippen LogP contribution is -2.45. The molecule has 13 heteroatoms. The van der Waals surface area contributed by atoms with E-state index in [0.29, 0.717) is 16.8 Å². The van der Waals surface area contributed by atoms with Crippen LogP contribution in [0.2, 0.25) is 0 Å². The highest BCUT2D eigenvalue weighted by Gasteiger charge is 2.32. The molecular formula is C25H27IN4O8. The van der Waals surface area contributed by atoms with Crippen molar-refractivity contribution in [2.24, 2.45) is 5.10 Å². The van der Waals surface area contributed by atoms with Gasteiger partial charge in [-0.25, -0.2) is 15.0 Å². The first-order chi connectivity index (χ1) is 18.2. The summed E-state index contributed by atoms with van der Waals surface area (Å²) in [6.07, 6.45) is 1.29. The van der Waals surface area contributed by atoms with E-state index in [1.54, 1.807) is 44.2 Å². The van der Waals surface area contributed by atoms with E-state index in [4.69, 9.17) is 18.9 Å². The third-order valence-corrected chi connectivity index (χ3v) is 5.95. The van der Waals surface area contributed by atoms with Crippen LogP contribution < -0.4 is 30.3 Å². The molecule has 0 saturated heterocycles. The molecule has 0 aliphatic carbocycles. The van der Waals surface area contributed by atoms with E-state index in [0.717, 1.165) is 3.57 Å². The van der Waals surface area contributed by atoms with Gasteiger partial charge in [0, 0.05) is 14.8 Å². The fourth-order valence-corrected chi connectivity index (χ4v) is 4.22. The number of rotatable bonds is 10. The average molecular weight is 638 g/mol. The summed E-state index contributed by atoms with van der Waals surface area (Å²) in [5.41, 5.74) is 3.88. The molecule has 0 radical (unpaired) electrons. The van der Waals surface area contributed by atoms with Gasteiger partial charge < -0.3 is 34.7 Å². The molecular weight excluding hydrogens is 611 g/mol. The molecule has 2 aromatic carbocycles. The van der Waals surface area contributed by atoms with Crippen molar-refractivity contribution in [3.8, 4) is 23.0 Å². The number of carbonyl (C=O) groups is 3. The van der Waals surface area contributed by atoms with Crippen molar-refractivity contribution in [2.45, 2.75) is 19.9 Å². The highest BCUT2D eigenvalue weighted by atomic mass is 127. The Morgan fingerprint density at radius 3 is 2.58 bits per heavy atom. The average Bonchev–Trinajstić information content (AvgIpc) is 2.88. The Balaban J connectivity index is 1.70. The van der Waals surface area contributed by atoms with Crippen molar-refractivity contribution in [1.82, 2.24) is 16.1 Å². The zero-order chi connectivity index (χ0) is 27.8. The number of nitrogens with one attached hydrogen (secondary N) is 3. The van der Waals surface area contributed by atoms with E-state index < -0.39 is 23.9 Å². The molecule has 38 heavy (non-hydrogen) atoms. The van der Waals surface area contributed by atoms with Gasteiger partial charge in [-0.05, 0) is 66.3 Å². The van der Waals surface area contributed by atoms with Crippen LogP contribution >= 0.6 is 22.6 Å². The standard InChI is InChI=1S/C25H27IN4O8/c1-5-37-24(33)21-13(2)28-25(34)29-22(21)14-6-7-17(18(9-14)35-3)38-12-20(31)30-27-11-15-8-16(26)10-19(36-4)23(15)32/h6-11,22,32H,5,12H2,1-4H3,(H,30,31)(H2,28,29,34)/b27-11+/t22-/m1/s1. The van der Waals surface area contributed by atoms with Crippen molar-refractivity contribution in [1.29, 1.82) is 0 Å². The maximum atomic E-state index is 12.5. The summed E-state index contributed by atoms with van der Waals surface area (Å²) in [7, 11) is 2.86. The van der Waals surface area contributed by atoms with Gasteiger partial charge in [0.05, 0.1) is 38.7 Å². The normalized spacial score (nSPS) is 15.0. The first kappa shape index (κ1) is 28.6. The molecule has 0 saturated carbocycles. The Hall–Kier alpha value is -4.01. The second kappa shape index (κ2) is 13.0. The highest BCUT2D eigenvalue weighted by Crippen LogP contribution is 2.35. The third kappa shape index (κ3) is 6.85. The quantitative estimate of drug-likeness (QED) is 0.134. The summed E-state index contributed by atoms with van der Waals surface area (Å²) in [4.78, 5) is 36.9. The minimum Gasteiger partial charge on any atom is -0.504 e. The number of aromatic hydroxyl groups is 1. The van der Waals surface area contributed by atoms with Gasteiger partial charge in [-0.2, -0.15) is 5.10 Å². The number of amides is 3. The Morgan fingerprint density at radius 1 is 1.16 bits per heavy atom.